The van der Waals surface area contributed by atoms with Crippen molar-refractivity contribution in [2.45, 2.75) is 0 Å². The SMILES string of the molecule is O=C(CBr)c1ccc(-c2ccccc2)c2c1OCCO2. The first-order valence-corrected chi connectivity index (χ1v) is 7.50. The van der Waals surface area contributed by atoms with Crippen molar-refractivity contribution >= 4 is 21.7 Å². The van der Waals surface area contributed by atoms with Gasteiger partial charge in [0.1, 0.15) is 13.2 Å². The van der Waals surface area contributed by atoms with Gasteiger partial charge in [0.15, 0.2) is 17.3 Å². The molecular formula is C16H13BrO3. The molecule has 0 atom stereocenters. The normalized spacial score (nSPS) is 13.1. The first-order valence-electron chi connectivity index (χ1n) is 6.38. The van der Waals surface area contributed by atoms with Crippen molar-refractivity contribution in [2.75, 3.05) is 18.5 Å². The Hall–Kier alpha value is -1.81. The van der Waals surface area contributed by atoms with Crippen molar-refractivity contribution in [3.8, 4) is 22.6 Å². The van der Waals surface area contributed by atoms with Crippen LogP contribution in [0.5, 0.6) is 11.5 Å². The number of alkyl halides is 1. The maximum Gasteiger partial charge on any atom is 0.177 e. The van der Waals surface area contributed by atoms with Gasteiger partial charge < -0.3 is 9.47 Å². The minimum Gasteiger partial charge on any atom is -0.485 e. The topological polar surface area (TPSA) is 35.5 Å². The molecule has 4 heteroatoms. The molecule has 20 heavy (non-hydrogen) atoms. The molecule has 102 valence electrons. The Bertz CT molecular complexity index is 638. The highest BCUT2D eigenvalue weighted by Crippen LogP contribution is 2.42. The number of hydrogen-bond acceptors (Lipinski definition) is 3. The van der Waals surface area contributed by atoms with Crippen molar-refractivity contribution in [1.29, 1.82) is 0 Å². The summed E-state index contributed by atoms with van der Waals surface area (Å²) < 4.78 is 11.4. The van der Waals surface area contributed by atoms with Crippen molar-refractivity contribution < 1.29 is 14.3 Å². The van der Waals surface area contributed by atoms with Crippen LogP contribution in [0.3, 0.4) is 0 Å². The van der Waals surface area contributed by atoms with E-state index in [2.05, 4.69) is 15.9 Å². The molecule has 0 radical (unpaired) electrons. The number of carbonyl (C=O) groups is 1. The van der Waals surface area contributed by atoms with Gasteiger partial charge in [0.05, 0.1) is 10.9 Å². The lowest BCUT2D eigenvalue weighted by Gasteiger charge is -2.23. The van der Waals surface area contributed by atoms with E-state index < -0.39 is 0 Å². The molecule has 3 nitrogen and oxygen atoms in total. The molecule has 0 aromatic heterocycles. The third-order valence-electron chi connectivity index (χ3n) is 3.19. The Morgan fingerprint density at radius 2 is 1.70 bits per heavy atom. The monoisotopic (exact) mass is 332 g/mol. The first-order chi connectivity index (χ1) is 9.81. The Morgan fingerprint density at radius 3 is 2.40 bits per heavy atom. The zero-order chi connectivity index (χ0) is 13.9. The van der Waals surface area contributed by atoms with E-state index in [-0.39, 0.29) is 11.1 Å². The van der Waals surface area contributed by atoms with E-state index in [1.54, 1.807) is 6.07 Å². The highest BCUT2D eigenvalue weighted by atomic mass is 79.9. The van der Waals surface area contributed by atoms with Gasteiger partial charge >= 0.3 is 0 Å². The number of halogens is 1. The second kappa shape index (κ2) is 5.67. The van der Waals surface area contributed by atoms with Crippen LogP contribution in [-0.2, 0) is 0 Å². The van der Waals surface area contributed by atoms with Gasteiger partial charge in [-0.25, -0.2) is 0 Å². The molecular weight excluding hydrogens is 320 g/mol. The number of ether oxygens (including phenoxy) is 2. The van der Waals surface area contributed by atoms with Gasteiger partial charge in [-0.15, -0.1) is 0 Å². The Kier molecular flexibility index (Phi) is 3.74. The fourth-order valence-electron chi connectivity index (χ4n) is 2.27. The van der Waals surface area contributed by atoms with Crippen LogP contribution in [0.2, 0.25) is 0 Å². The van der Waals surface area contributed by atoms with E-state index in [1.807, 2.05) is 36.4 Å². The van der Waals surface area contributed by atoms with Crippen molar-refractivity contribution in [3.05, 3.63) is 48.0 Å². The maximum atomic E-state index is 12.0. The van der Waals surface area contributed by atoms with E-state index in [9.17, 15) is 4.79 Å². The summed E-state index contributed by atoms with van der Waals surface area (Å²) in [7, 11) is 0. The maximum absolute atomic E-state index is 12.0. The second-order valence-corrected chi connectivity index (χ2v) is 5.00. The van der Waals surface area contributed by atoms with Crippen molar-refractivity contribution in [2.24, 2.45) is 0 Å². The molecule has 0 bridgehead atoms. The fourth-order valence-corrected chi connectivity index (χ4v) is 2.58. The van der Waals surface area contributed by atoms with Crippen LogP contribution in [-0.4, -0.2) is 24.3 Å². The number of rotatable bonds is 3. The molecule has 0 N–H and O–H groups in total. The highest BCUT2D eigenvalue weighted by molar-refractivity contribution is 9.09. The summed E-state index contributed by atoms with van der Waals surface area (Å²) in [5.74, 6) is 1.21. The number of benzene rings is 2. The first kappa shape index (κ1) is 13.2. The summed E-state index contributed by atoms with van der Waals surface area (Å²) in [4.78, 5) is 12.0. The standard InChI is InChI=1S/C16H13BrO3/c17-10-14(18)13-7-6-12(11-4-2-1-3-5-11)15-16(13)20-9-8-19-15/h1-7H,8-10H2. The molecule has 0 spiro atoms. The van der Waals surface area contributed by atoms with Gasteiger partial charge in [0.25, 0.3) is 0 Å². The van der Waals surface area contributed by atoms with Crippen LogP contribution in [0.1, 0.15) is 10.4 Å². The molecule has 0 fully saturated rings. The van der Waals surface area contributed by atoms with Crippen molar-refractivity contribution in [3.63, 3.8) is 0 Å². The molecule has 1 aliphatic heterocycles. The lowest BCUT2D eigenvalue weighted by molar-refractivity contribution is 0.101. The summed E-state index contributed by atoms with van der Waals surface area (Å²) in [5.41, 5.74) is 2.56. The van der Waals surface area contributed by atoms with Crippen LogP contribution in [0, 0.1) is 0 Å². The predicted molar refractivity (Wildman–Crippen MR) is 81.0 cm³/mol. The van der Waals surface area contributed by atoms with Crippen LogP contribution in [0.15, 0.2) is 42.5 Å². The number of hydrogen-bond donors (Lipinski definition) is 0. The largest absolute Gasteiger partial charge is 0.485 e. The number of ketones is 1. The lowest BCUT2D eigenvalue weighted by Crippen LogP contribution is -2.18. The average molecular weight is 333 g/mol. The minimum atomic E-state index is -0.00800. The third-order valence-corrected chi connectivity index (χ3v) is 3.70. The van der Waals surface area contributed by atoms with Gasteiger partial charge in [0.2, 0.25) is 0 Å². The van der Waals surface area contributed by atoms with Gasteiger partial charge in [-0.05, 0) is 17.7 Å². The molecule has 2 aromatic rings. The molecule has 0 saturated carbocycles. The average Bonchev–Trinajstić information content (AvgIpc) is 2.54. The summed E-state index contributed by atoms with van der Waals surface area (Å²) in [6, 6.07) is 13.7. The summed E-state index contributed by atoms with van der Waals surface area (Å²) in [6.07, 6.45) is 0. The van der Waals surface area contributed by atoms with Gasteiger partial charge in [-0.1, -0.05) is 46.3 Å². The Labute approximate surface area is 125 Å². The number of Topliss-reactive ketones (excluding diaryl/α,β-unsaturated/α-hetero) is 1. The summed E-state index contributed by atoms with van der Waals surface area (Å²) in [5, 5.41) is 0.271. The van der Waals surface area contributed by atoms with Gasteiger partial charge in [0, 0.05) is 5.56 Å². The van der Waals surface area contributed by atoms with Gasteiger partial charge in [-0.2, -0.15) is 0 Å². The number of carbonyl (C=O) groups excluding carboxylic acids is 1. The van der Waals surface area contributed by atoms with E-state index in [0.29, 0.717) is 30.3 Å². The fraction of sp³-hybridized carbons (Fsp3) is 0.188. The third kappa shape index (κ3) is 2.31. The minimum absolute atomic E-state index is 0.00800. The molecule has 2 aromatic carbocycles. The number of fused-ring (bicyclic) bond motifs is 1. The lowest BCUT2D eigenvalue weighted by atomic mass is 10.00. The van der Waals surface area contributed by atoms with E-state index in [0.717, 1.165) is 11.1 Å². The summed E-state index contributed by atoms with van der Waals surface area (Å²) in [6.45, 7) is 0.965. The zero-order valence-corrected chi connectivity index (χ0v) is 12.4. The molecule has 1 heterocycles. The Morgan fingerprint density at radius 1 is 1.00 bits per heavy atom. The zero-order valence-electron chi connectivity index (χ0n) is 10.8. The molecule has 0 unspecified atom stereocenters. The van der Waals surface area contributed by atoms with E-state index in [4.69, 9.17) is 9.47 Å². The van der Waals surface area contributed by atoms with Crippen LogP contribution in [0.25, 0.3) is 11.1 Å². The quantitative estimate of drug-likeness (QED) is 0.635. The highest BCUT2D eigenvalue weighted by Gasteiger charge is 2.23. The van der Waals surface area contributed by atoms with Gasteiger partial charge in [-0.3, -0.25) is 4.79 Å². The second-order valence-electron chi connectivity index (χ2n) is 4.44. The van der Waals surface area contributed by atoms with Crippen LogP contribution >= 0.6 is 15.9 Å². The van der Waals surface area contributed by atoms with Crippen LogP contribution in [0.4, 0.5) is 0 Å². The van der Waals surface area contributed by atoms with Crippen LogP contribution < -0.4 is 9.47 Å². The van der Waals surface area contributed by atoms with E-state index in [1.165, 1.54) is 0 Å². The van der Waals surface area contributed by atoms with Crippen molar-refractivity contribution in [1.82, 2.24) is 0 Å². The molecule has 3 rings (SSSR count). The predicted octanol–water partition coefficient (Wildman–Crippen LogP) is 3.70. The van der Waals surface area contributed by atoms with E-state index >= 15 is 0 Å². The summed E-state index contributed by atoms with van der Waals surface area (Å²) >= 11 is 3.20. The molecule has 0 aliphatic carbocycles. The smallest absolute Gasteiger partial charge is 0.177 e. The molecule has 0 amide bonds. The Balaban J connectivity index is 2.16. The molecule has 1 aliphatic rings. The molecule has 0 saturated heterocycles.